The smallest absolute Gasteiger partial charge is 0.203 e. The molecule has 1 saturated heterocycles. The first kappa shape index (κ1) is 11.3. The Morgan fingerprint density at radius 3 is 2.13 bits per heavy atom. The number of nitrogens with zero attached hydrogens (tertiary/aromatic N) is 3. The lowest BCUT2D eigenvalue weighted by Gasteiger charge is -1.76. The van der Waals surface area contributed by atoms with Gasteiger partial charge in [0.2, 0.25) is 12.8 Å². The zero-order chi connectivity index (χ0) is 10.6. The Morgan fingerprint density at radius 1 is 1.07 bits per heavy atom. The van der Waals surface area contributed by atoms with E-state index in [-0.39, 0.29) is 0 Å². The monoisotopic (exact) mass is 212 g/mol. The van der Waals surface area contributed by atoms with E-state index in [1.165, 1.54) is 25.4 Å². The lowest BCUT2D eigenvalue weighted by Crippen LogP contribution is -2.05. The van der Waals surface area contributed by atoms with Crippen LogP contribution in [0.1, 0.15) is 0 Å². The molecule has 1 aliphatic heterocycles. The molecule has 1 N–H and O–H groups in total. The maximum absolute atomic E-state index is 4.83. The minimum absolute atomic E-state index is 0.750. The van der Waals surface area contributed by atoms with Crippen molar-refractivity contribution in [3.8, 4) is 0 Å². The van der Waals surface area contributed by atoms with Crippen LogP contribution < -0.4 is 5.32 Å². The molecular formula is C8H12N4O3. The third-order valence-corrected chi connectivity index (χ3v) is 1.26. The SMILES string of the molecule is C1COCN1.c1cocn1.c1nnco1. The van der Waals surface area contributed by atoms with E-state index in [1.54, 1.807) is 6.20 Å². The summed E-state index contributed by atoms with van der Waals surface area (Å²) in [5, 5.41) is 9.61. The van der Waals surface area contributed by atoms with E-state index in [0.717, 1.165) is 19.9 Å². The van der Waals surface area contributed by atoms with E-state index in [2.05, 4.69) is 29.3 Å². The number of hydrogen-bond donors (Lipinski definition) is 1. The largest absolute Gasteiger partial charge is 0.452 e. The maximum Gasteiger partial charge on any atom is 0.203 e. The van der Waals surface area contributed by atoms with E-state index in [0.29, 0.717) is 0 Å². The first-order chi connectivity index (χ1) is 7.50. The first-order valence-corrected chi connectivity index (χ1v) is 4.29. The van der Waals surface area contributed by atoms with Crippen molar-refractivity contribution in [2.75, 3.05) is 19.9 Å². The van der Waals surface area contributed by atoms with Crippen LogP contribution in [0.3, 0.4) is 0 Å². The minimum atomic E-state index is 0.750. The zero-order valence-corrected chi connectivity index (χ0v) is 8.07. The van der Waals surface area contributed by atoms with E-state index >= 15 is 0 Å². The van der Waals surface area contributed by atoms with Crippen molar-refractivity contribution in [2.45, 2.75) is 0 Å². The average molecular weight is 212 g/mol. The summed E-state index contributed by atoms with van der Waals surface area (Å²) in [5.41, 5.74) is 0. The number of rotatable bonds is 0. The van der Waals surface area contributed by atoms with E-state index in [9.17, 15) is 0 Å². The number of oxazole rings is 1. The van der Waals surface area contributed by atoms with Crippen LogP contribution in [-0.4, -0.2) is 35.1 Å². The summed E-state index contributed by atoms with van der Waals surface area (Å²) in [6.45, 7) is 2.67. The van der Waals surface area contributed by atoms with Crippen molar-refractivity contribution >= 4 is 0 Å². The van der Waals surface area contributed by atoms with Crippen LogP contribution in [0.2, 0.25) is 0 Å². The number of nitrogens with one attached hydrogen (secondary N) is 1. The molecular weight excluding hydrogens is 200 g/mol. The van der Waals surface area contributed by atoms with Crippen molar-refractivity contribution < 1.29 is 13.6 Å². The molecule has 1 fully saturated rings. The van der Waals surface area contributed by atoms with Crippen LogP contribution in [0.5, 0.6) is 0 Å². The van der Waals surface area contributed by atoms with Crippen LogP contribution >= 0.6 is 0 Å². The lowest BCUT2D eigenvalue weighted by molar-refractivity contribution is 0.194. The molecule has 15 heavy (non-hydrogen) atoms. The molecule has 3 heterocycles. The van der Waals surface area contributed by atoms with Gasteiger partial charge in [-0.15, -0.1) is 10.2 Å². The Bertz CT molecular complexity index is 212. The molecule has 0 spiro atoms. The summed E-state index contributed by atoms with van der Waals surface area (Å²) in [6.07, 6.45) is 7.00. The van der Waals surface area contributed by atoms with Gasteiger partial charge in [0.1, 0.15) is 6.26 Å². The van der Waals surface area contributed by atoms with Gasteiger partial charge in [-0.3, -0.25) is 5.32 Å². The van der Waals surface area contributed by atoms with Gasteiger partial charge in [0.05, 0.1) is 19.5 Å². The summed E-state index contributed by atoms with van der Waals surface area (Å²) >= 11 is 0. The van der Waals surface area contributed by atoms with Crippen LogP contribution in [0, 0.1) is 0 Å². The Morgan fingerprint density at radius 2 is 1.93 bits per heavy atom. The summed E-state index contributed by atoms with van der Waals surface area (Å²) in [6, 6.07) is 0. The van der Waals surface area contributed by atoms with Gasteiger partial charge in [-0.05, 0) is 0 Å². The fourth-order valence-electron chi connectivity index (χ4n) is 0.673. The molecule has 0 amide bonds. The van der Waals surface area contributed by atoms with Gasteiger partial charge in [0.25, 0.3) is 0 Å². The summed E-state index contributed by atoms with van der Waals surface area (Å²) < 4.78 is 13.7. The minimum Gasteiger partial charge on any atom is -0.452 e. The zero-order valence-electron chi connectivity index (χ0n) is 8.07. The van der Waals surface area contributed by atoms with Crippen molar-refractivity contribution in [2.24, 2.45) is 0 Å². The van der Waals surface area contributed by atoms with Crippen molar-refractivity contribution in [1.82, 2.24) is 20.5 Å². The lowest BCUT2D eigenvalue weighted by atomic mass is 10.7. The van der Waals surface area contributed by atoms with E-state index in [1.807, 2.05) is 0 Å². The Labute approximate surface area is 86.5 Å². The second kappa shape index (κ2) is 8.85. The second-order valence-electron chi connectivity index (χ2n) is 2.31. The van der Waals surface area contributed by atoms with Gasteiger partial charge >= 0.3 is 0 Å². The highest BCUT2D eigenvalue weighted by Crippen LogP contribution is 1.75. The van der Waals surface area contributed by atoms with Crippen molar-refractivity contribution in [3.05, 3.63) is 31.6 Å². The molecule has 0 aromatic carbocycles. The molecule has 2 aromatic rings. The molecule has 7 heteroatoms. The second-order valence-corrected chi connectivity index (χ2v) is 2.31. The van der Waals surface area contributed by atoms with Crippen LogP contribution in [0.25, 0.3) is 0 Å². The first-order valence-electron chi connectivity index (χ1n) is 4.29. The number of hydrogen-bond acceptors (Lipinski definition) is 7. The predicted molar refractivity (Wildman–Crippen MR) is 49.6 cm³/mol. The van der Waals surface area contributed by atoms with Gasteiger partial charge in [-0.25, -0.2) is 4.98 Å². The van der Waals surface area contributed by atoms with Crippen LogP contribution in [0.15, 0.2) is 40.5 Å². The Kier molecular flexibility index (Phi) is 6.69. The molecule has 82 valence electrons. The highest BCUT2D eigenvalue weighted by molar-refractivity contribution is 4.56. The third kappa shape index (κ3) is 7.35. The van der Waals surface area contributed by atoms with Crippen LogP contribution in [-0.2, 0) is 4.74 Å². The molecule has 0 radical (unpaired) electrons. The van der Waals surface area contributed by atoms with Gasteiger partial charge < -0.3 is 13.6 Å². The third-order valence-electron chi connectivity index (χ3n) is 1.26. The van der Waals surface area contributed by atoms with Gasteiger partial charge in [-0.2, -0.15) is 0 Å². The quantitative estimate of drug-likeness (QED) is 0.672. The predicted octanol–water partition coefficient (Wildman–Crippen LogP) is 0.308. The van der Waals surface area contributed by atoms with Gasteiger partial charge in [0.15, 0.2) is 6.39 Å². The molecule has 1 aliphatic rings. The summed E-state index contributed by atoms with van der Waals surface area (Å²) in [7, 11) is 0. The van der Waals surface area contributed by atoms with Crippen LogP contribution in [0.4, 0.5) is 0 Å². The molecule has 7 nitrogen and oxygen atoms in total. The number of aromatic nitrogens is 3. The van der Waals surface area contributed by atoms with Crippen molar-refractivity contribution in [1.29, 1.82) is 0 Å². The molecule has 2 aromatic heterocycles. The number of ether oxygens (including phenoxy) is 1. The molecule has 0 bridgehead atoms. The summed E-state index contributed by atoms with van der Waals surface area (Å²) in [4.78, 5) is 3.56. The standard InChI is InChI=1S/C3H7NO.C3H3NO.C2H2N2O/c2*1-2-5-3-4-1;1-3-4-2-5-1/h4H,1-3H2;1-3H;1-2H. The fraction of sp³-hybridized carbons (Fsp3) is 0.375. The molecule has 3 rings (SSSR count). The van der Waals surface area contributed by atoms with E-state index in [4.69, 9.17) is 4.74 Å². The molecule has 0 saturated carbocycles. The van der Waals surface area contributed by atoms with Gasteiger partial charge in [0, 0.05) is 6.54 Å². The maximum atomic E-state index is 4.83. The molecule has 0 unspecified atom stereocenters. The normalized spacial score (nSPS) is 13.3. The summed E-state index contributed by atoms with van der Waals surface area (Å²) in [5.74, 6) is 0. The highest BCUT2D eigenvalue weighted by Gasteiger charge is 1.92. The average Bonchev–Trinajstić information content (AvgIpc) is 3.09. The van der Waals surface area contributed by atoms with Crippen molar-refractivity contribution in [3.63, 3.8) is 0 Å². The fourth-order valence-corrected chi connectivity index (χ4v) is 0.673. The van der Waals surface area contributed by atoms with E-state index < -0.39 is 0 Å². The molecule has 0 atom stereocenters. The Balaban J connectivity index is 0.000000112. The molecule has 0 aliphatic carbocycles. The van der Waals surface area contributed by atoms with Gasteiger partial charge in [-0.1, -0.05) is 0 Å². The Hall–Kier alpha value is -1.73. The highest BCUT2D eigenvalue weighted by atomic mass is 16.5. The topological polar surface area (TPSA) is 86.2 Å².